The largest absolute Gasteiger partial charge is 0.493 e. The minimum absolute atomic E-state index is 0.00564. The van der Waals surface area contributed by atoms with E-state index in [-0.39, 0.29) is 18.1 Å². The number of hydrogen-bond donors (Lipinski definition) is 1. The molecule has 0 saturated carbocycles. The van der Waals surface area contributed by atoms with Gasteiger partial charge in [0.15, 0.2) is 11.5 Å². The molecular weight excluding hydrogens is 246 g/mol. The Morgan fingerprint density at radius 3 is 2.26 bits per heavy atom. The second kappa shape index (κ2) is 6.99. The molecule has 19 heavy (non-hydrogen) atoms. The van der Waals surface area contributed by atoms with Gasteiger partial charge in [0.1, 0.15) is 6.04 Å². The van der Waals surface area contributed by atoms with Crippen LogP contribution in [-0.4, -0.2) is 33.3 Å². The first-order chi connectivity index (χ1) is 9.03. The summed E-state index contributed by atoms with van der Waals surface area (Å²) in [7, 11) is 4.57. The molecule has 0 heterocycles. The Morgan fingerprint density at radius 1 is 1.11 bits per heavy atom. The molecule has 1 aromatic rings. The van der Waals surface area contributed by atoms with Gasteiger partial charge in [0.05, 0.1) is 21.3 Å². The zero-order valence-electron chi connectivity index (χ0n) is 12.0. The average Bonchev–Trinajstić information content (AvgIpc) is 2.45. The number of carbonyl (C=O) groups excluding carboxylic acids is 1. The number of ether oxygens (including phenoxy) is 3. The Hall–Kier alpha value is -1.75. The standard InChI is InChI=1S/C14H21NO4/c1-9(15-10(2)14(16)19-5)11-6-7-12(17-3)13(8-11)18-4/h6-10,15H,1-5H3. The van der Waals surface area contributed by atoms with Crippen molar-refractivity contribution in [1.29, 1.82) is 0 Å². The molecule has 0 amide bonds. The molecule has 0 bridgehead atoms. The van der Waals surface area contributed by atoms with Crippen molar-refractivity contribution in [3.8, 4) is 11.5 Å². The lowest BCUT2D eigenvalue weighted by molar-refractivity contribution is -0.142. The van der Waals surface area contributed by atoms with Crippen molar-refractivity contribution in [2.24, 2.45) is 0 Å². The molecule has 1 rings (SSSR count). The number of hydrogen-bond acceptors (Lipinski definition) is 5. The summed E-state index contributed by atoms with van der Waals surface area (Å²) in [6.45, 7) is 3.74. The molecule has 0 aliphatic carbocycles. The van der Waals surface area contributed by atoms with E-state index in [1.165, 1.54) is 7.11 Å². The van der Waals surface area contributed by atoms with E-state index in [9.17, 15) is 4.79 Å². The fraction of sp³-hybridized carbons (Fsp3) is 0.500. The van der Waals surface area contributed by atoms with Crippen LogP contribution in [0.25, 0.3) is 0 Å². The predicted octanol–water partition coefficient (Wildman–Crippen LogP) is 1.92. The number of esters is 1. The predicted molar refractivity (Wildman–Crippen MR) is 72.6 cm³/mol. The molecule has 2 unspecified atom stereocenters. The lowest BCUT2D eigenvalue weighted by atomic mass is 10.1. The van der Waals surface area contributed by atoms with Crippen LogP contribution in [0.5, 0.6) is 11.5 Å². The van der Waals surface area contributed by atoms with Crippen molar-refractivity contribution in [1.82, 2.24) is 5.32 Å². The molecule has 0 saturated heterocycles. The first kappa shape index (κ1) is 15.3. The smallest absolute Gasteiger partial charge is 0.322 e. The van der Waals surface area contributed by atoms with Crippen LogP contribution in [0.1, 0.15) is 25.5 Å². The van der Waals surface area contributed by atoms with Crippen LogP contribution in [0.2, 0.25) is 0 Å². The number of methoxy groups -OCH3 is 3. The van der Waals surface area contributed by atoms with Crippen LogP contribution in [0.4, 0.5) is 0 Å². The summed E-state index contributed by atoms with van der Waals surface area (Å²) in [5.74, 6) is 1.06. The van der Waals surface area contributed by atoms with Crippen LogP contribution >= 0.6 is 0 Å². The van der Waals surface area contributed by atoms with Crippen molar-refractivity contribution >= 4 is 5.97 Å². The molecule has 0 aliphatic rings. The summed E-state index contributed by atoms with van der Waals surface area (Å²) in [4.78, 5) is 11.4. The molecule has 2 atom stereocenters. The molecule has 0 fully saturated rings. The quantitative estimate of drug-likeness (QED) is 0.798. The molecule has 1 N–H and O–H groups in total. The lowest BCUT2D eigenvalue weighted by Gasteiger charge is -2.19. The maximum Gasteiger partial charge on any atom is 0.322 e. The molecule has 0 aliphatic heterocycles. The zero-order valence-corrected chi connectivity index (χ0v) is 12.0. The van der Waals surface area contributed by atoms with Gasteiger partial charge in [0.2, 0.25) is 0 Å². The molecule has 0 radical (unpaired) electrons. The molecule has 1 aromatic carbocycles. The summed E-state index contributed by atoms with van der Waals surface area (Å²) >= 11 is 0. The first-order valence-electron chi connectivity index (χ1n) is 6.09. The van der Waals surface area contributed by atoms with Crippen LogP contribution < -0.4 is 14.8 Å². The number of rotatable bonds is 6. The highest BCUT2D eigenvalue weighted by molar-refractivity contribution is 5.75. The van der Waals surface area contributed by atoms with Crippen molar-refractivity contribution in [3.63, 3.8) is 0 Å². The van der Waals surface area contributed by atoms with Gasteiger partial charge in [-0.3, -0.25) is 10.1 Å². The number of nitrogens with one attached hydrogen (secondary N) is 1. The van der Waals surface area contributed by atoms with Gasteiger partial charge in [-0.1, -0.05) is 6.07 Å². The van der Waals surface area contributed by atoms with Crippen LogP contribution in [0, 0.1) is 0 Å². The summed E-state index contributed by atoms with van der Waals surface area (Å²) < 4.78 is 15.1. The van der Waals surface area contributed by atoms with E-state index in [0.29, 0.717) is 11.5 Å². The van der Waals surface area contributed by atoms with Gasteiger partial charge in [-0.25, -0.2) is 0 Å². The molecule has 0 aromatic heterocycles. The van der Waals surface area contributed by atoms with Crippen LogP contribution in [0.3, 0.4) is 0 Å². The Morgan fingerprint density at radius 2 is 1.74 bits per heavy atom. The van der Waals surface area contributed by atoms with Gasteiger partial charge in [-0.2, -0.15) is 0 Å². The zero-order chi connectivity index (χ0) is 14.4. The maximum atomic E-state index is 11.4. The fourth-order valence-electron chi connectivity index (χ4n) is 1.84. The van der Waals surface area contributed by atoms with Gasteiger partial charge in [-0.15, -0.1) is 0 Å². The monoisotopic (exact) mass is 267 g/mol. The summed E-state index contributed by atoms with van der Waals surface area (Å²) in [5.41, 5.74) is 1.01. The lowest BCUT2D eigenvalue weighted by Crippen LogP contribution is -2.36. The van der Waals surface area contributed by atoms with Crippen molar-refractivity contribution in [2.45, 2.75) is 25.9 Å². The highest BCUT2D eigenvalue weighted by atomic mass is 16.5. The van der Waals surface area contributed by atoms with Gasteiger partial charge in [0, 0.05) is 6.04 Å². The third-order valence-electron chi connectivity index (χ3n) is 2.96. The minimum atomic E-state index is -0.368. The minimum Gasteiger partial charge on any atom is -0.493 e. The summed E-state index contributed by atoms with van der Waals surface area (Å²) in [5, 5.41) is 3.16. The second-order valence-electron chi connectivity index (χ2n) is 4.25. The first-order valence-corrected chi connectivity index (χ1v) is 6.09. The Bertz CT molecular complexity index is 433. The number of benzene rings is 1. The molecular formula is C14H21NO4. The molecule has 5 nitrogen and oxygen atoms in total. The molecule has 0 spiro atoms. The highest BCUT2D eigenvalue weighted by Crippen LogP contribution is 2.29. The topological polar surface area (TPSA) is 56.8 Å². The Labute approximate surface area is 113 Å². The fourth-order valence-corrected chi connectivity index (χ4v) is 1.84. The van der Waals surface area contributed by atoms with Crippen LogP contribution in [-0.2, 0) is 9.53 Å². The number of carbonyl (C=O) groups is 1. The van der Waals surface area contributed by atoms with E-state index in [0.717, 1.165) is 5.56 Å². The molecule has 106 valence electrons. The Balaban J connectivity index is 2.82. The van der Waals surface area contributed by atoms with Crippen LogP contribution in [0.15, 0.2) is 18.2 Å². The normalized spacial score (nSPS) is 13.5. The molecule has 5 heteroatoms. The summed E-state index contributed by atoms with van der Waals surface area (Å²) in [6.07, 6.45) is 0. The van der Waals surface area contributed by atoms with Gasteiger partial charge in [0.25, 0.3) is 0 Å². The average molecular weight is 267 g/mol. The van der Waals surface area contributed by atoms with Gasteiger partial charge in [-0.05, 0) is 31.5 Å². The van der Waals surface area contributed by atoms with Crippen molar-refractivity contribution in [2.75, 3.05) is 21.3 Å². The third kappa shape index (κ3) is 3.86. The van der Waals surface area contributed by atoms with Gasteiger partial charge < -0.3 is 14.2 Å². The van der Waals surface area contributed by atoms with E-state index in [1.54, 1.807) is 21.1 Å². The van der Waals surface area contributed by atoms with Gasteiger partial charge >= 0.3 is 5.97 Å². The van der Waals surface area contributed by atoms with Crippen molar-refractivity contribution in [3.05, 3.63) is 23.8 Å². The SMILES string of the molecule is COC(=O)C(C)NC(C)c1ccc(OC)c(OC)c1. The van der Waals surface area contributed by atoms with E-state index < -0.39 is 0 Å². The van der Waals surface area contributed by atoms with Crippen molar-refractivity contribution < 1.29 is 19.0 Å². The van der Waals surface area contributed by atoms with E-state index in [4.69, 9.17) is 9.47 Å². The van der Waals surface area contributed by atoms with E-state index in [1.807, 2.05) is 25.1 Å². The third-order valence-corrected chi connectivity index (χ3v) is 2.96. The van der Waals surface area contributed by atoms with E-state index >= 15 is 0 Å². The maximum absolute atomic E-state index is 11.4. The second-order valence-corrected chi connectivity index (χ2v) is 4.25. The van der Waals surface area contributed by atoms with E-state index in [2.05, 4.69) is 10.1 Å². The summed E-state index contributed by atoms with van der Waals surface area (Å²) in [6, 6.07) is 5.29. The Kier molecular flexibility index (Phi) is 5.63. The highest BCUT2D eigenvalue weighted by Gasteiger charge is 2.17.